The summed E-state index contributed by atoms with van der Waals surface area (Å²) in [6.45, 7) is 4.07. The molecule has 3 aromatic rings. The molecule has 0 saturated heterocycles. The lowest BCUT2D eigenvalue weighted by Gasteiger charge is -2.11. The van der Waals surface area contributed by atoms with Gasteiger partial charge < -0.3 is 9.47 Å². The lowest BCUT2D eigenvalue weighted by atomic mass is 10.1. The van der Waals surface area contributed by atoms with Crippen molar-refractivity contribution >= 4 is 12.2 Å². The summed E-state index contributed by atoms with van der Waals surface area (Å²) in [4.78, 5) is 14.0. The van der Waals surface area contributed by atoms with Gasteiger partial charge in [0.05, 0.1) is 13.3 Å². The second-order valence-electron chi connectivity index (χ2n) is 6.15. The highest BCUT2D eigenvalue weighted by atomic mass is 16.5. The number of benzene rings is 2. The molecule has 8 heteroatoms. The van der Waals surface area contributed by atoms with Crippen LogP contribution in [0.1, 0.15) is 22.4 Å². The highest BCUT2D eigenvalue weighted by Crippen LogP contribution is 2.28. The number of hydrogen-bond donors (Lipinski definition) is 2. The molecule has 0 aliphatic rings. The fourth-order valence-electron chi connectivity index (χ4n) is 2.46. The van der Waals surface area contributed by atoms with Gasteiger partial charge in [0.1, 0.15) is 12.3 Å². The van der Waals surface area contributed by atoms with E-state index in [1.807, 2.05) is 37.3 Å². The maximum Gasteiger partial charge on any atom is 0.274 e. The van der Waals surface area contributed by atoms with Crippen molar-refractivity contribution in [2.75, 3.05) is 12.5 Å². The second kappa shape index (κ2) is 8.81. The SMILES string of the molecule is COc1cc(/C=N/Nc2nnc(C)c(=O)[nH]2)ccc1OCc1cccc(C)c1. The number of aromatic nitrogens is 3. The van der Waals surface area contributed by atoms with Gasteiger partial charge in [0, 0.05) is 0 Å². The lowest BCUT2D eigenvalue weighted by molar-refractivity contribution is 0.284. The third-order valence-corrected chi connectivity index (χ3v) is 3.91. The zero-order chi connectivity index (χ0) is 19.9. The van der Waals surface area contributed by atoms with E-state index in [0.29, 0.717) is 23.8 Å². The monoisotopic (exact) mass is 379 g/mol. The lowest BCUT2D eigenvalue weighted by Crippen LogP contribution is -2.15. The van der Waals surface area contributed by atoms with Crippen LogP contribution in [0.4, 0.5) is 5.95 Å². The molecule has 2 aromatic carbocycles. The first-order chi connectivity index (χ1) is 13.5. The predicted octanol–water partition coefficient (Wildman–Crippen LogP) is 2.82. The maximum absolute atomic E-state index is 11.5. The smallest absolute Gasteiger partial charge is 0.274 e. The van der Waals surface area contributed by atoms with Crippen LogP contribution in [0.15, 0.2) is 52.4 Å². The number of nitrogens with one attached hydrogen (secondary N) is 2. The van der Waals surface area contributed by atoms with Crippen LogP contribution in [0.5, 0.6) is 11.5 Å². The van der Waals surface area contributed by atoms with Gasteiger partial charge in [0.15, 0.2) is 11.5 Å². The van der Waals surface area contributed by atoms with Crippen molar-refractivity contribution in [3.63, 3.8) is 0 Å². The molecule has 0 aliphatic heterocycles. The summed E-state index contributed by atoms with van der Waals surface area (Å²) in [5.41, 5.74) is 5.67. The predicted molar refractivity (Wildman–Crippen MR) is 107 cm³/mol. The van der Waals surface area contributed by atoms with Gasteiger partial charge >= 0.3 is 0 Å². The van der Waals surface area contributed by atoms with Crippen molar-refractivity contribution in [1.82, 2.24) is 15.2 Å². The third kappa shape index (κ3) is 4.94. The minimum Gasteiger partial charge on any atom is -0.493 e. The number of methoxy groups -OCH3 is 1. The van der Waals surface area contributed by atoms with E-state index in [1.165, 1.54) is 5.56 Å². The quantitative estimate of drug-likeness (QED) is 0.483. The van der Waals surface area contributed by atoms with Crippen molar-refractivity contribution in [2.24, 2.45) is 5.10 Å². The normalized spacial score (nSPS) is 10.8. The fraction of sp³-hybridized carbons (Fsp3) is 0.200. The molecule has 0 fully saturated rings. The fourth-order valence-corrected chi connectivity index (χ4v) is 2.46. The minimum atomic E-state index is -0.315. The van der Waals surface area contributed by atoms with Gasteiger partial charge in [0.2, 0.25) is 5.95 Å². The van der Waals surface area contributed by atoms with Crippen LogP contribution in [0.25, 0.3) is 0 Å². The van der Waals surface area contributed by atoms with Gasteiger partial charge in [0.25, 0.3) is 5.56 Å². The van der Waals surface area contributed by atoms with Gasteiger partial charge in [-0.25, -0.2) is 5.43 Å². The molecule has 3 rings (SSSR count). The first-order valence-corrected chi connectivity index (χ1v) is 8.64. The number of ether oxygens (including phenoxy) is 2. The number of aromatic amines is 1. The van der Waals surface area contributed by atoms with Crippen LogP contribution in [0, 0.1) is 13.8 Å². The Labute approximate surface area is 162 Å². The number of nitrogens with zero attached hydrogens (tertiary/aromatic N) is 3. The number of anilines is 1. The first kappa shape index (κ1) is 19.1. The van der Waals surface area contributed by atoms with Gasteiger partial charge in [-0.15, -0.1) is 10.2 Å². The zero-order valence-electron chi connectivity index (χ0n) is 15.9. The average molecular weight is 379 g/mol. The van der Waals surface area contributed by atoms with Crippen molar-refractivity contribution < 1.29 is 9.47 Å². The zero-order valence-corrected chi connectivity index (χ0v) is 15.9. The van der Waals surface area contributed by atoms with Crippen LogP contribution < -0.4 is 20.5 Å². The summed E-state index contributed by atoms with van der Waals surface area (Å²) in [5.74, 6) is 1.40. The largest absolute Gasteiger partial charge is 0.493 e. The summed E-state index contributed by atoms with van der Waals surface area (Å²) in [6.07, 6.45) is 1.58. The Bertz CT molecular complexity index is 1050. The van der Waals surface area contributed by atoms with E-state index in [0.717, 1.165) is 11.1 Å². The molecule has 0 saturated carbocycles. The van der Waals surface area contributed by atoms with Crippen molar-refractivity contribution in [2.45, 2.75) is 20.5 Å². The number of rotatable bonds is 7. The Morgan fingerprint density at radius 1 is 1.14 bits per heavy atom. The number of aryl methyl sites for hydroxylation is 2. The van der Waals surface area contributed by atoms with Crippen LogP contribution in [-0.2, 0) is 6.61 Å². The first-order valence-electron chi connectivity index (χ1n) is 8.64. The van der Waals surface area contributed by atoms with E-state index < -0.39 is 0 Å². The van der Waals surface area contributed by atoms with E-state index >= 15 is 0 Å². The molecular weight excluding hydrogens is 358 g/mol. The molecule has 1 heterocycles. The van der Waals surface area contributed by atoms with Gasteiger partial charge in [-0.3, -0.25) is 9.78 Å². The molecule has 28 heavy (non-hydrogen) atoms. The van der Waals surface area contributed by atoms with Gasteiger partial charge in [-0.1, -0.05) is 29.8 Å². The topological polar surface area (TPSA) is 101 Å². The van der Waals surface area contributed by atoms with E-state index in [9.17, 15) is 4.79 Å². The van der Waals surface area contributed by atoms with Gasteiger partial charge in [-0.2, -0.15) is 5.10 Å². The Morgan fingerprint density at radius 2 is 2.00 bits per heavy atom. The molecule has 2 N–H and O–H groups in total. The van der Waals surface area contributed by atoms with Crippen LogP contribution in [-0.4, -0.2) is 28.5 Å². The molecular formula is C20H21N5O3. The van der Waals surface area contributed by atoms with Crippen molar-refractivity contribution in [3.05, 3.63) is 75.2 Å². The van der Waals surface area contributed by atoms with Crippen molar-refractivity contribution in [3.8, 4) is 11.5 Å². The van der Waals surface area contributed by atoms with E-state index in [2.05, 4.69) is 31.8 Å². The molecule has 0 radical (unpaired) electrons. The Hall–Kier alpha value is -3.68. The molecule has 8 nitrogen and oxygen atoms in total. The Balaban J connectivity index is 1.66. The molecule has 0 spiro atoms. The standard InChI is InChI=1S/C20H21N5O3/c1-13-5-4-6-16(9-13)12-28-17-8-7-15(10-18(17)27-3)11-21-24-20-22-19(26)14(2)23-25-20/h4-11H,12H2,1-3H3,(H2,22,24,25,26)/b21-11+. The molecule has 0 amide bonds. The second-order valence-corrected chi connectivity index (χ2v) is 6.15. The Morgan fingerprint density at radius 3 is 2.75 bits per heavy atom. The summed E-state index contributed by atoms with van der Waals surface area (Å²) >= 11 is 0. The van der Waals surface area contributed by atoms with E-state index in [-0.39, 0.29) is 11.5 Å². The molecule has 0 aliphatic carbocycles. The highest BCUT2D eigenvalue weighted by molar-refractivity contribution is 5.81. The molecule has 1 aromatic heterocycles. The van der Waals surface area contributed by atoms with Crippen LogP contribution in [0.2, 0.25) is 0 Å². The van der Waals surface area contributed by atoms with E-state index in [4.69, 9.17) is 9.47 Å². The number of hydrazone groups is 1. The minimum absolute atomic E-state index is 0.164. The van der Waals surface area contributed by atoms with E-state index in [1.54, 1.807) is 26.3 Å². The molecule has 0 unspecified atom stereocenters. The summed E-state index contributed by atoms with van der Waals surface area (Å²) in [7, 11) is 1.58. The number of H-pyrrole nitrogens is 1. The van der Waals surface area contributed by atoms with Crippen LogP contribution in [0.3, 0.4) is 0 Å². The van der Waals surface area contributed by atoms with Crippen molar-refractivity contribution in [1.29, 1.82) is 0 Å². The molecule has 0 bridgehead atoms. The Kier molecular flexibility index (Phi) is 6.01. The summed E-state index contributed by atoms with van der Waals surface area (Å²) < 4.78 is 11.3. The number of hydrogen-bond acceptors (Lipinski definition) is 7. The average Bonchev–Trinajstić information content (AvgIpc) is 2.69. The molecule has 144 valence electrons. The third-order valence-electron chi connectivity index (χ3n) is 3.91. The van der Waals surface area contributed by atoms with Gasteiger partial charge in [-0.05, 0) is 43.2 Å². The highest BCUT2D eigenvalue weighted by Gasteiger charge is 2.06. The maximum atomic E-state index is 11.5. The van der Waals surface area contributed by atoms with Crippen LogP contribution >= 0.6 is 0 Å². The summed E-state index contributed by atoms with van der Waals surface area (Å²) in [6, 6.07) is 13.6. The molecule has 0 atom stereocenters. The summed E-state index contributed by atoms with van der Waals surface area (Å²) in [5, 5.41) is 11.6.